The van der Waals surface area contributed by atoms with E-state index in [1.165, 1.54) is 22.8 Å². The monoisotopic (exact) mass is 125 g/mol. The Labute approximate surface area is 52.9 Å². The molecule has 0 N–H and O–H groups in total. The van der Waals surface area contributed by atoms with Gasteiger partial charge < -0.3 is 0 Å². The Morgan fingerprint density at radius 3 is 2.50 bits per heavy atom. The van der Waals surface area contributed by atoms with E-state index in [1.54, 1.807) is 0 Å². The zero-order valence-electron chi connectivity index (χ0n) is 4.55. The van der Waals surface area contributed by atoms with Gasteiger partial charge in [-0.05, 0) is 6.42 Å². The maximum absolute atomic E-state index is 4.12. The predicted molar refractivity (Wildman–Crippen MR) is 37.2 cm³/mol. The molecule has 0 aliphatic carbocycles. The Hall–Kier alpha value is -0.240. The van der Waals surface area contributed by atoms with Gasteiger partial charge in [0.15, 0.2) is 0 Å². The minimum absolute atomic E-state index is 1.13. The van der Waals surface area contributed by atoms with Crippen LogP contribution in [0.15, 0.2) is 15.6 Å². The van der Waals surface area contributed by atoms with Gasteiger partial charge in [0.25, 0.3) is 0 Å². The molecule has 0 spiro atoms. The summed E-state index contributed by atoms with van der Waals surface area (Å²) in [6.45, 7) is 0. The lowest BCUT2D eigenvalue weighted by atomic mass is 10.2. The van der Waals surface area contributed by atoms with Crippen LogP contribution < -0.4 is 0 Å². The first-order chi connectivity index (χ1) is 3.97. The summed E-state index contributed by atoms with van der Waals surface area (Å²) in [6.07, 6.45) is 4.39. The van der Waals surface area contributed by atoms with Crippen LogP contribution in [0.4, 0.5) is 0 Å². The molecular formula is C6H7NS. The Kier molecular flexibility index (Phi) is 0.937. The van der Waals surface area contributed by atoms with Crippen LogP contribution in [-0.2, 0) is 0 Å². The summed E-state index contributed by atoms with van der Waals surface area (Å²) in [5, 5.41) is 0. The minimum atomic E-state index is 1.13. The topological polar surface area (TPSA) is 12.4 Å². The molecule has 1 fully saturated rings. The van der Waals surface area contributed by atoms with Gasteiger partial charge in [0.2, 0.25) is 0 Å². The summed E-state index contributed by atoms with van der Waals surface area (Å²) >= 11 is 1.96. The van der Waals surface area contributed by atoms with Crippen LogP contribution in [0.5, 0.6) is 0 Å². The standard InChI is InChI=1S/C6H7NS/c1-3-7-5(1)6-2-4-8-6/h3H,1-2,4H2. The Morgan fingerprint density at radius 2 is 2.38 bits per heavy atom. The Morgan fingerprint density at radius 1 is 1.62 bits per heavy atom. The van der Waals surface area contributed by atoms with Gasteiger partial charge in [-0.15, -0.1) is 11.8 Å². The van der Waals surface area contributed by atoms with E-state index in [2.05, 4.69) is 4.99 Å². The zero-order valence-corrected chi connectivity index (χ0v) is 5.37. The smallest absolute Gasteiger partial charge is 0.0548 e. The van der Waals surface area contributed by atoms with Gasteiger partial charge in [-0.3, -0.25) is 4.99 Å². The number of thioether (sulfide) groups is 1. The van der Waals surface area contributed by atoms with Gasteiger partial charge in [-0.2, -0.15) is 0 Å². The number of hydrogen-bond acceptors (Lipinski definition) is 2. The van der Waals surface area contributed by atoms with E-state index >= 15 is 0 Å². The number of aliphatic imine (C=N–C) groups is 1. The van der Waals surface area contributed by atoms with Crippen LogP contribution in [0.1, 0.15) is 12.8 Å². The molecule has 0 amide bonds. The average molecular weight is 125 g/mol. The van der Waals surface area contributed by atoms with Crippen molar-refractivity contribution in [3.05, 3.63) is 10.6 Å². The predicted octanol–water partition coefficient (Wildman–Crippen LogP) is 1.81. The van der Waals surface area contributed by atoms with Crippen molar-refractivity contribution in [3.8, 4) is 0 Å². The highest BCUT2D eigenvalue weighted by Crippen LogP contribution is 2.37. The normalized spacial score (nSPS) is 34.0. The summed E-state index contributed by atoms with van der Waals surface area (Å²) in [5.74, 6) is 1.31. The van der Waals surface area contributed by atoms with Gasteiger partial charge in [0.1, 0.15) is 0 Å². The van der Waals surface area contributed by atoms with Crippen LogP contribution in [0.25, 0.3) is 0 Å². The summed E-state index contributed by atoms with van der Waals surface area (Å²) in [5.41, 5.74) is 1.35. The highest BCUT2D eigenvalue weighted by molar-refractivity contribution is 8.04. The molecule has 0 aromatic rings. The molecule has 0 radical (unpaired) electrons. The Bertz CT molecular complexity index is 163. The van der Waals surface area contributed by atoms with E-state index in [0.717, 1.165) is 6.42 Å². The zero-order chi connectivity index (χ0) is 5.40. The van der Waals surface area contributed by atoms with Gasteiger partial charge in [-0.25, -0.2) is 0 Å². The van der Waals surface area contributed by atoms with Crippen LogP contribution in [-0.4, -0.2) is 12.0 Å². The van der Waals surface area contributed by atoms with Crippen molar-refractivity contribution < 1.29 is 0 Å². The molecule has 2 aliphatic heterocycles. The number of rotatable bonds is 0. The van der Waals surface area contributed by atoms with E-state index in [0.29, 0.717) is 0 Å². The first-order valence-corrected chi connectivity index (χ1v) is 3.83. The molecule has 1 saturated heterocycles. The van der Waals surface area contributed by atoms with Gasteiger partial charge >= 0.3 is 0 Å². The molecule has 2 heteroatoms. The van der Waals surface area contributed by atoms with Gasteiger partial charge in [0.05, 0.1) is 5.70 Å². The lowest BCUT2D eigenvalue weighted by molar-refractivity contribution is 1.04. The molecule has 0 aromatic heterocycles. The third kappa shape index (κ3) is 0.525. The van der Waals surface area contributed by atoms with Crippen molar-refractivity contribution >= 4 is 18.0 Å². The fraction of sp³-hybridized carbons (Fsp3) is 0.500. The highest BCUT2D eigenvalue weighted by atomic mass is 32.2. The molecule has 42 valence electrons. The number of allylic oxidation sites excluding steroid dienone is 2. The lowest BCUT2D eigenvalue weighted by Crippen LogP contribution is -2.04. The maximum atomic E-state index is 4.12. The first kappa shape index (κ1) is 4.62. The number of hydrogen-bond donors (Lipinski definition) is 0. The Balaban J connectivity index is 2.20. The molecule has 8 heavy (non-hydrogen) atoms. The highest BCUT2D eigenvalue weighted by Gasteiger charge is 2.16. The second-order valence-electron chi connectivity index (χ2n) is 1.98. The minimum Gasteiger partial charge on any atom is -0.264 e. The van der Waals surface area contributed by atoms with Crippen LogP contribution in [0.2, 0.25) is 0 Å². The van der Waals surface area contributed by atoms with Gasteiger partial charge in [-0.1, -0.05) is 0 Å². The molecule has 2 heterocycles. The average Bonchev–Trinajstić information content (AvgIpc) is 1.47. The molecule has 1 nitrogen and oxygen atoms in total. The molecule has 0 unspecified atom stereocenters. The van der Waals surface area contributed by atoms with Crippen molar-refractivity contribution in [2.24, 2.45) is 4.99 Å². The quantitative estimate of drug-likeness (QED) is 0.481. The third-order valence-corrected chi connectivity index (χ3v) is 2.66. The van der Waals surface area contributed by atoms with E-state index in [4.69, 9.17) is 0 Å². The van der Waals surface area contributed by atoms with Crippen molar-refractivity contribution in [1.29, 1.82) is 0 Å². The first-order valence-electron chi connectivity index (χ1n) is 2.84. The second-order valence-corrected chi connectivity index (χ2v) is 3.17. The summed E-state index contributed by atoms with van der Waals surface area (Å²) in [4.78, 5) is 5.66. The van der Waals surface area contributed by atoms with Crippen molar-refractivity contribution in [3.63, 3.8) is 0 Å². The maximum Gasteiger partial charge on any atom is 0.0548 e. The van der Waals surface area contributed by atoms with E-state index in [9.17, 15) is 0 Å². The lowest BCUT2D eigenvalue weighted by Gasteiger charge is -2.20. The largest absolute Gasteiger partial charge is 0.264 e. The molecule has 2 aliphatic rings. The van der Waals surface area contributed by atoms with E-state index in [-0.39, 0.29) is 0 Å². The second kappa shape index (κ2) is 1.62. The molecule has 2 rings (SSSR count). The summed E-state index contributed by atoms with van der Waals surface area (Å²) in [6, 6.07) is 0. The number of nitrogens with zero attached hydrogens (tertiary/aromatic N) is 1. The van der Waals surface area contributed by atoms with Crippen molar-refractivity contribution in [1.82, 2.24) is 0 Å². The van der Waals surface area contributed by atoms with Gasteiger partial charge in [0, 0.05) is 23.3 Å². The van der Waals surface area contributed by atoms with E-state index < -0.39 is 0 Å². The third-order valence-electron chi connectivity index (χ3n) is 1.46. The molecular weight excluding hydrogens is 118 g/mol. The van der Waals surface area contributed by atoms with E-state index in [1.807, 2.05) is 18.0 Å². The van der Waals surface area contributed by atoms with Crippen LogP contribution >= 0.6 is 11.8 Å². The SMILES string of the molecule is C1=NC(=C2CCS2)C1. The molecule has 0 aromatic carbocycles. The van der Waals surface area contributed by atoms with Crippen molar-refractivity contribution in [2.75, 3.05) is 5.75 Å². The summed E-state index contributed by atoms with van der Waals surface area (Å²) < 4.78 is 0. The fourth-order valence-electron chi connectivity index (χ4n) is 0.800. The fourth-order valence-corrected chi connectivity index (χ4v) is 1.51. The van der Waals surface area contributed by atoms with Crippen molar-refractivity contribution in [2.45, 2.75) is 12.8 Å². The van der Waals surface area contributed by atoms with Crippen LogP contribution in [0, 0.1) is 0 Å². The molecule has 0 atom stereocenters. The molecule has 0 bridgehead atoms. The summed E-state index contributed by atoms with van der Waals surface area (Å²) in [7, 11) is 0. The van der Waals surface area contributed by atoms with Crippen LogP contribution in [0.3, 0.4) is 0 Å². The molecule has 0 saturated carbocycles.